The molecule has 0 spiro atoms. The standard InChI is InChI=1S/C20H21N3O2/c1-3-25-20(24)17-13-22(2)19-15(17)9-10-18-16(19)11-21-23(18)12-14-7-5-4-6-8-14/h4-8,11,13H,3,9-10,12H2,1-2H3. The van der Waals surface area contributed by atoms with Gasteiger partial charge in [-0.3, -0.25) is 4.68 Å². The average Bonchev–Trinajstić information content (AvgIpc) is 3.17. The summed E-state index contributed by atoms with van der Waals surface area (Å²) in [7, 11) is 1.98. The van der Waals surface area contributed by atoms with Crippen molar-refractivity contribution in [3.8, 4) is 11.3 Å². The first-order valence-corrected chi connectivity index (χ1v) is 8.63. The normalized spacial score (nSPS) is 12.6. The molecule has 2 aromatic heterocycles. The summed E-state index contributed by atoms with van der Waals surface area (Å²) in [5.74, 6) is -0.237. The molecule has 5 nitrogen and oxygen atoms in total. The summed E-state index contributed by atoms with van der Waals surface area (Å²) < 4.78 is 9.30. The second kappa shape index (κ2) is 6.24. The van der Waals surface area contributed by atoms with Gasteiger partial charge in [0.25, 0.3) is 0 Å². The molecule has 0 fully saturated rings. The van der Waals surface area contributed by atoms with Crippen molar-refractivity contribution in [3.63, 3.8) is 0 Å². The fourth-order valence-corrected chi connectivity index (χ4v) is 3.68. The largest absolute Gasteiger partial charge is 0.462 e. The monoisotopic (exact) mass is 335 g/mol. The molecule has 2 heterocycles. The molecule has 0 bridgehead atoms. The second-order valence-corrected chi connectivity index (χ2v) is 6.35. The van der Waals surface area contributed by atoms with Crippen molar-refractivity contribution in [2.45, 2.75) is 26.3 Å². The van der Waals surface area contributed by atoms with E-state index < -0.39 is 0 Å². The Morgan fingerprint density at radius 1 is 1.24 bits per heavy atom. The maximum Gasteiger partial charge on any atom is 0.339 e. The molecule has 0 saturated carbocycles. The minimum atomic E-state index is -0.237. The number of esters is 1. The zero-order chi connectivity index (χ0) is 17.4. The summed E-state index contributed by atoms with van der Waals surface area (Å²) in [6.07, 6.45) is 5.51. The Kier molecular flexibility index (Phi) is 3.92. The van der Waals surface area contributed by atoms with Gasteiger partial charge in [0.15, 0.2) is 0 Å². The highest BCUT2D eigenvalue weighted by Gasteiger charge is 2.28. The van der Waals surface area contributed by atoms with Gasteiger partial charge in [0.1, 0.15) is 0 Å². The maximum absolute atomic E-state index is 12.2. The zero-order valence-corrected chi connectivity index (χ0v) is 14.5. The number of carbonyl (C=O) groups is 1. The highest BCUT2D eigenvalue weighted by Crippen LogP contribution is 2.36. The quantitative estimate of drug-likeness (QED) is 0.688. The van der Waals surface area contributed by atoms with Gasteiger partial charge in [-0.15, -0.1) is 0 Å². The molecule has 1 aliphatic rings. The first kappa shape index (κ1) is 15.7. The predicted octanol–water partition coefficient (Wildman–Crippen LogP) is 3.21. The minimum absolute atomic E-state index is 0.237. The fraction of sp³-hybridized carbons (Fsp3) is 0.300. The van der Waals surface area contributed by atoms with E-state index in [0.29, 0.717) is 12.2 Å². The summed E-state index contributed by atoms with van der Waals surface area (Å²) >= 11 is 0. The van der Waals surface area contributed by atoms with Crippen LogP contribution in [0, 0.1) is 0 Å². The van der Waals surface area contributed by atoms with E-state index in [0.717, 1.165) is 36.2 Å². The molecule has 4 rings (SSSR count). The van der Waals surface area contributed by atoms with Crippen LogP contribution in [-0.4, -0.2) is 26.9 Å². The number of nitrogens with zero attached hydrogens (tertiary/aromatic N) is 3. The van der Waals surface area contributed by atoms with Crippen molar-refractivity contribution in [1.29, 1.82) is 0 Å². The number of aryl methyl sites for hydroxylation is 1. The summed E-state index contributed by atoms with van der Waals surface area (Å²) in [6, 6.07) is 10.3. The van der Waals surface area contributed by atoms with Gasteiger partial charge in [-0.25, -0.2) is 4.79 Å². The molecule has 0 unspecified atom stereocenters. The van der Waals surface area contributed by atoms with Crippen molar-refractivity contribution in [3.05, 3.63) is 65.1 Å². The Morgan fingerprint density at radius 3 is 2.80 bits per heavy atom. The number of aromatic nitrogens is 3. The van der Waals surface area contributed by atoms with Crippen LogP contribution < -0.4 is 0 Å². The van der Waals surface area contributed by atoms with E-state index in [1.54, 1.807) is 0 Å². The molecule has 0 aliphatic heterocycles. The van der Waals surface area contributed by atoms with Crippen LogP contribution in [0.3, 0.4) is 0 Å². The highest BCUT2D eigenvalue weighted by atomic mass is 16.5. The van der Waals surface area contributed by atoms with E-state index in [1.165, 1.54) is 11.3 Å². The molecule has 0 radical (unpaired) electrons. The molecular weight excluding hydrogens is 314 g/mol. The Hall–Kier alpha value is -2.82. The van der Waals surface area contributed by atoms with E-state index >= 15 is 0 Å². The van der Waals surface area contributed by atoms with Crippen LogP contribution in [0.2, 0.25) is 0 Å². The highest BCUT2D eigenvalue weighted by molar-refractivity contribution is 5.94. The van der Waals surface area contributed by atoms with E-state index in [9.17, 15) is 4.79 Å². The van der Waals surface area contributed by atoms with Crippen molar-refractivity contribution >= 4 is 5.97 Å². The molecule has 0 N–H and O–H groups in total. The molecule has 0 amide bonds. The lowest BCUT2D eigenvalue weighted by atomic mass is 9.93. The average molecular weight is 335 g/mol. The Morgan fingerprint density at radius 2 is 2.04 bits per heavy atom. The number of fused-ring (bicyclic) bond motifs is 3. The van der Waals surface area contributed by atoms with E-state index in [4.69, 9.17) is 4.74 Å². The second-order valence-electron chi connectivity index (χ2n) is 6.35. The maximum atomic E-state index is 12.2. The molecule has 1 aromatic carbocycles. The van der Waals surface area contributed by atoms with E-state index in [1.807, 2.05) is 49.1 Å². The fourth-order valence-electron chi connectivity index (χ4n) is 3.68. The lowest BCUT2D eigenvalue weighted by molar-refractivity contribution is 0.0525. The molecular formula is C20H21N3O2. The molecule has 1 aliphatic carbocycles. The van der Waals surface area contributed by atoms with Crippen LogP contribution in [0.5, 0.6) is 0 Å². The first-order valence-electron chi connectivity index (χ1n) is 8.63. The van der Waals surface area contributed by atoms with Crippen LogP contribution in [0.1, 0.15) is 34.1 Å². The molecule has 25 heavy (non-hydrogen) atoms. The lowest BCUT2D eigenvalue weighted by Gasteiger charge is -2.17. The number of carbonyl (C=O) groups excluding carboxylic acids is 1. The Balaban J connectivity index is 1.73. The Labute approximate surface area is 146 Å². The topological polar surface area (TPSA) is 49.1 Å². The van der Waals surface area contributed by atoms with Gasteiger partial charge in [0.05, 0.1) is 30.6 Å². The van der Waals surface area contributed by atoms with Gasteiger partial charge >= 0.3 is 5.97 Å². The van der Waals surface area contributed by atoms with Crippen molar-refractivity contribution in [2.75, 3.05) is 6.61 Å². The van der Waals surface area contributed by atoms with Crippen molar-refractivity contribution < 1.29 is 9.53 Å². The first-order chi connectivity index (χ1) is 12.2. The molecule has 0 atom stereocenters. The zero-order valence-electron chi connectivity index (χ0n) is 14.5. The van der Waals surface area contributed by atoms with E-state index in [2.05, 4.69) is 21.9 Å². The van der Waals surface area contributed by atoms with Crippen LogP contribution in [0.15, 0.2) is 42.7 Å². The minimum Gasteiger partial charge on any atom is -0.462 e. The van der Waals surface area contributed by atoms with Gasteiger partial charge in [0.2, 0.25) is 0 Å². The number of hydrogen-bond donors (Lipinski definition) is 0. The van der Waals surface area contributed by atoms with Crippen molar-refractivity contribution in [2.24, 2.45) is 7.05 Å². The molecule has 5 heteroatoms. The number of benzene rings is 1. The van der Waals surface area contributed by atoms with Crippen LogP contribution in [0.4, 0.5) is 0 Å². The third kappa shape index (κ3) is 2.65. The van der Waals surface area contributed by atoms with Gasteiger partial charge in [0, 0.05) is 24.5 Å². The van der Waals surface area contributed by atoms with Gasteiger partial charge in [-0.2, -0.15) is 5.10 Å². The van der Waals surface area contributed by atoms with Crippen LogP contribution in [0.25, 0.3) is 11.3 Å². The summed E-state index contributed by atoms with van der Waals surface area (Å²) in [5, 5.41) is 4.61. The summed E-state index contributed by atoms with van der Waals surface area (Å²) in [6.45, 7) is 2.99. The molecule has 128 valence electrons. The van der Waals surface area contributed by atoms with E-state index in [-0.39, 0.29) is 5.97 Å². The van der Waals surface area contributed by atoms with Crippen LogP contribution in [-0.2, 0) is 31.2 Å². The summed E-state index contributed by atoms with van der Waals surface area (Å²) in [4.78, 5) is 12.2. The van der Waals surface area contributed by atoms with Crippen molar-refractivity contribution in [1.82, 2.24) is 14.3 Å². The summed E-state index contributed by atoms with van der Waals surface area (Å²) in [5.41, 5.74) is 6.43. The van der Waals surface area contributed by atoms with Gasteiger partial charge in [-0.1, -0.05) is 30.3 Å². The number of hydrogen-bond acceptors (Lipinski definition) is 3. The Bertz CT molecular complexity index is 922. The third-order valence-corrected chi connectivity index (χ3v) is 4.77. The molecule has 0 saturated heterocycles. The predicted molar refractivity (Wildman–Crippen MR) is 95.5 cm³/mol. The molecule has 3 aromatic rings. The third-order valence-electron chi connectivity index (χ3n) is 4.77. The van der Waals surface area contributed by atoms with Gasteiger partial charge in [-0.05, 0) is 30.9 Å². The van der Waals surface area contributed by atoms with Crippen LogP contribution >= 0.6 is 0 Å². The van der Waals surface area contributed by atoms with Gasteiger partial charge < -0.3 is 9.30 Å². The SMILES string of the molecule is CCOC(=O)c1cn(C)c2c1CCc1c-2cnn1Cc1ccccc1. The smallest absolute Gasteiger partial charge is 0.339 e. The lowest BCUT2D eigenvalue weighted by Crippen LogP contribution is -2.13. The number of ether oxygens (including phenoxy) is 1. The number of rotatable bonds is 4.